The molecule has 2 aliphatic rings. The maximum absolute atomic E-state index is 10.9. The van der Waals surface area contributed by atoms with Crippen molar-refractivity contribution in [3.8, 4) is 0 Å². The molecule has 1 nitrogen and oxygen atoms in total. The molecule has 1 unspecified atom stereocenters. The molecule has 0 radical (unpaired) electrons. The number of aldehydes is 1. The molecule has 12 heavy (non-hydrogen) atoms. The zero-order chi connectivity index (χ0) is 8.82. The van der Waals surface area contributed by atoms with Crippen molar-refractivity contribution in [2.45, 2.75) is 46.0 Å². The van der Waals surface area contributed by atoms with Crippen molar-refractivity contribution in [3.05, 3.63) is 0 Å². The Morgan fingerprint density at radius 1 is 1.42 bits per heavy atom. The molecule has 2 fully saturated rings. The van der Waals surface area contributed by atoms with Gasteiger partial charge in [0.1, 0.15) is 6.29 Å². The Morgan fingerprint density at radius 3 is 2.33 bits per heavy atom. The third-order valence-corrected chi connectivity index (χ3v) is 3.90. The van der Waals surface area contributed by atoms with Crippen molar-refractivity contribution in [1.29, 1.82) is 0 Å². The fourth-order valence-electron chi connectivity index (χ4n) is 2.30. The minimum absolute atomic E-state index is 0.0790. The lowest BCUT2D eigenvalue weighted by atomic mass is 9.91. The summed E-state index contributed by atoms with van der Waals surface area (Å²) in [6.07, 6.45) is 7.60. The van der Waals surface area contributed by atoms with E-state index in [1.165, 1.54) is 25.5 Å². The van der Waals surface area contributed by atoms with Gasteiger partial charge in [-0.3, -0.25) is 0 Å². The summed E-state index contributed by atoms with van der Waals surface area (Å²) in [4.78, 5) is 10.9. The standard InChI is InChI=1S/C11H18O/c1-10(2)7-11(10,8-12)6-5-9-3-4-9/h8-9H,3-7H2,1-2H3. The number of hydrogen-bond acceptors (Lipinski definition) is 1. The molecule has 2 rings (SSSR count). The third kappa shape index (κ3) is 1.19. The summed E-state index contributed by atoms with van der Waals surface area (Å²) in [6.45, 7) is 4.43. The van der Waals surface area contributed by atoms with Gasteiger partial charge < -0.3 is 4.79 Å². The topological polar surface area (TPSA) is 17.1 Å². The summed E-state index contributed by atoms with van der Waals surface area (Å²) >= 11 is 0. The Morgan fingerprint density at radius 2 is 2.00 bits per heavy atom. The highest BCUT2D eigenvalue weighted by molar-refractivity contribution is 5.66. The molecular formula is C11H18O. The Bertz CT molecular complexity index is 203. The van der Waals surface area contributed by atoms with Gasteiger partial charge in [-0.2, -0.15) is 0 Å². The normalized spacial score (nSPS) is 37.8. The summed E-state index contributed by atoms with van der Waals surface area (Å²) in [7, 11) is 0. The van der Waals surface area contributed by atoms with Crippen LogP contribution in [0.2, 0.25) is 0 Å². The van der Waals surface area contributed by atoms with Crippen molar-refractivity contribution in [2.75, 3.05) is 0 Å². The predicted molar refractivity (Wildman–Crippen MR) is 48.9 cm³/mol. The van der Waals surface area contributed by atoms with Crippen LogP contribution in [0.3, 0.4) is 0 Å². The third-order valence-electron chi connectivity index (χ3n) is 3.90. The SMILES string of the molecule is CC1(C)CC1(C=O)CCC1CC1. The number of hydrogen-bond donors (Lipinski definition) is 0. The second-order valence-corrected chi connectivity index (χ2v) is 5.32. The molecule has 1 atom stereocenters. The van der Waals surface area contributed by atoms with Crippen LogP contribution in [0.15, 0.2) is 0 Å². The molecule has 0 bridgehead atoms. The van der Waals surface area contributed by atoms with Gasteiger partial charge in [0, 0.05) is 5.41 Å². The van der Waals surface area contributed by atoms with Crippen molar-refractivity contribution in [3.63, 3.8) is 0 Å². The quantitative estimate of drug-likeness (QED) is 0.587. The summed E-state index contributed by atoms with van der Waals surface area (Å²) in [5, 5.41) is 0. The average molecular weight is 166 g/mol. The lowest BCUT2D eigenvalue weighted by Gasteiger charge is -2.12. The highest BCUT2D eigenvalue weighted by Gasteiger charge is 2.60. The fraction of sp³-hybridized carbons (Fsp3) is 0.909. The fourth-order valence-corrected chi connectivity index (χ4v) is 2.30. The summed E-state index contributed by atoms with van der Waals surface area (Å²) in [6, 6.07) is 0. The highest BCUT2D eigenvalue weighted by atomic mass is 16.1. The second kappa shape index (κ2) is 2.34. The molecular weight excluding hydrogens is 148 g/mol. The van der Waals surface area contributed by atoms with Crippen molar-refractivity contribution < 1.29 is 4.79 Å². The summed E-state index contributed by atoms with van der Waals surface area (Å²) in [5.74, 6) is 0.971. The van der Waals surface area contributed by atoms with E-state index < -0.39 is 0 Å². The van der Waals surface area contributed by atoms with Gasteiger partial charge in [0.25, 0.3) is 0 Å². The molecule has 0 saturated heterocycles. The molecule has 2 aliphatic carbocycles. The van der Waals surface area contributed by atoms with Crippen LogP contribution in [0.5, 0.6) is 0 Å². The zero-order valence-electron chi connectivity index (χ0n) is 8.10. The minimum Gasteiger partial charge on any atom is -0.303 e. The van der Waals surface area contributed by atoms with E-state index in [-0.39, 0.29) is 5.41 Å². The van der Waals surface area contributed by atoms with Crippen LogP contribution in [-0.4, -0.2) is 6.29 Å². The average Bonchev–Trinajstić information content (AvgIpc) is 2.85. The molecule has 0 N–H and O–H groups in total. The maximum Gasteiger partial charge on any atom is 0.126 e. The Labute approximate surface area is 74.5 Å². The summed E-state index contributed by atoms with van der Waals surface area (Å²) < 4.78 is 0. The molecule has 68 valence electrons. The second-order valence-electron chi connectivity index (χ2n) is 5.32. The van der Waals surface area contributed by atoms with E-state index in [2.05, 4.69) is 13.8 Å². The molecule has 0 spiro atoms. The van der Waals surface area contributed by atoms with Crippen molar-refractivity contribution in [2.24, 2.45) is 16.7 Å². The van der Waals surface area contributed by atoms with E-state index in [0.29, 0.717) is 5.41 Å². The van der Waals surface area contributed by atoms with E-state index in [4.69, 9.17) is 0 Å². The van der Waals surface area contributed by atoms with Crippen LogP contribution >= 0.6 is 0 Å². The first-order chi connectivity index (χ1) is 5.60. The Kier molecular flexibility index (Phi) is 1.61. The van der Waals surface area contributed by atoms with Crippen LogP contribution in [0.25, 0.3) is 0 Å². The molecule has 0 aromatic rings. The molecule has 0 aromatic carbocycles. The van der Waals surface area contributed by atoms with Crippen LogP contribution < -0.4 is 0 Å². The molecule has 2 saturated carbocycles. The van der Waals surface area contributed by atoms with E-state index in [0.717, 1.165) is 18.8 Å². The van der Waals surface area contributed by atoms with Gasteiger partial charge >= 0.3 is 0 Å². The van der Waals surface area contributed by atoms with Crippen LogP contribution in [0, 0.1) is 16.7 Å². The van der Waals surface area contributed by atoms with Gasteiger partial charge in [-0.05, 0) is 30.6 Å². The van der Waals surface area contributed by atoms with Gasteiger partial charge in [0.2, 0.25) is 0 Å². The Hall–Kier alpha value is -0.330. The first-order valence-corrected chi connectivity index (χ1v) is 5.06. The molecule has 0 aromatic heterocycles. The number of carbonyl (C=O) groups is 1. The predicted octanol–water partition coefficient (Wildman–Crippen LogP) is 2.79. The number of carbonyl (C=O) groups excluding carboxylic acids is 1. The van der Waals surface area contributed by atoms with Gasteiger partial charge in [0.15, 0.2) is 0 Å². The first kappa shape index (κ1) is 8.28. The molecule has 0 heterocycles. The summed E-state index contributed by atoms with van der Waals surface area (Å²) in [5.41, 5.74) is 0.388. The van der Waals surface area contributed by atoms with Crippen molar-refractivity contribution in [1.82, 2.24) is 0 Å². The smallest absolute Gasteiger partial charge is 0.126 e. The first-order valence-electron chi connectivity index (χ1n) is 5.06. The van der Waals surface area contributed by atoms with E-state index in [9.17, 15) is 4.79 Å². The Balaban J connectivity index is 1.87. The van der Waals surface area contributed by atoms with E-state index in [1.807, 2.05) is 0 Å². The minimum atomic E-state index is 0.0790. The molecule has 1 heteroatoms. The lowest BCUT2D eigenvalue weighted by molar-refractivity contribution is -0.113. The van der Waals surface area contributed by atoms with Crippen LogP contribution in [0.1, 0.15) is 46.0 Å². The van der Waals surface area contributed by atoms with Gasteiger partial charge in [-0.1, -0.05) is 26.7 Å². The monoisotopic (exact) mass is 166 g/mol. The largest absolute Gasteiger partial charge is 0.303 e. The highest BCUT2D eigenvalue weighted by Crippen LogP contribution is 2.65. The van der Waals surface area contributed by atoms with E-state index >= 15 is 0 Å². The zero-order valence-corrected chi connectivity index (χ0v) is 8.10. The van der Waals surface area contributed by atoms with Crippen molar-refractivity contribution >= 4 is 6.29 Å². The maximum atomic E-state index is 10.9. The molecule has 0 amide bonds. The van der Waals surface area contributed by atoms with Gasteiger partial charge in [0.05, 0.1) is 0 Å². The van der Waals surface area contributed by atoms with Crippen LogP contribution in [-0.2, 0) is 4.79 Å². The van der Waals surface area contributed by atoms with Gasteiger partial charge in [-0.15, -0.1) is 0 Å². The number of rotatable bonds is 4. The van der Waals surface area contributed by atoms with E-state index in [1.54, 1.807) is 0 Å². The van der Waals surface area contributed by atoms with Gasteiger partial charge in [-0.25, -0.2) is 0 Å². The van der Waals surface area contributed by atoms with Crippen LogP contribution in [0.4, 0.5) is 0 Å². The molecule has 0 aliphatic heterocycles. The lowest BCUT2D eigenvalue weighted by Crippen LogP contribution is -2.10.